The van der Waals surface area contributed by atoms with Crippen molar-refractivity contribution in [2.75, 3.05) is 44.2 Å². The molecule has 0 unspecified atom stereocenters. The fraction of sp³-hybridized carbons (Fsp3) is 0.500. The molecule has 7 heteroatoms. The summed E-state index contributed by atoms with van der Waals surface area (Å²) in [5.74, 6) is 0.167. The normalized spacial score (nSPS) is 17.9. The summed E-state index contributed by atoms with van der Waals surface area (Å²) in [7, 11) is -3.41. The summed E-state index contributed by atoms with van der Waals surface area (Å²) in [5, 5.41) is 0. The van der Waals surface area contributed by atoms with Crippen molar-refractivity contribution in [1.29, 1.82) is 0 Å². The molecule has 2 saturated heterocycles. The number of anilines is 1. The van der Waals surface area contributed by atoms with Gasteiger partial charge in [0.2, 0.25) is 15.9 Å². The van der Waals surface area contributed by atoms with Crippen molar-refractivity contribution in [3.05, 3.63) is 59.2 Å². The van der Waals surface area contributed by atoms with Gasteiger partial charge in [-0.15, -0.1) is 0 Å². The molecule has 2 aromatic rings. The van der Waals surface area contributed by atoms with Gasteiger partial charge in [0, 0.05) is 51.4 Å². The van der Waals surface area contributed by atoms with Crippen molar-refractivity contribution in [3.8, 4) is 0 Å². The first kappa shape index (κ1) is 23.8. The highest BCUT2D eigenvalue weighted by atomic mass is 32.2. The molecule has 0 spiro atoms. The van der Waals surface area contributed by atoms with Gasteiger partial charge in [0.15, 0.2) is 0 Å². The Morgan fingerprint density at radius 1 is 0.848 bits per heavy atom. The molecular weight excluding hydrogens is 434 g/mol. The lowest BCUT2D eigenvalue weighted by molar-refractivity contribution is -0.131. The fourth-order valence-electron chi connectivity index (χ4n) is 4.77. The fourth-order valence-corrected chi connectivity index (χ4v) is 6.28. The summed E-state index contributed by atoms with van der Waals surface area (Å²) in [6.45, 7) is 8.67. The van der Waals surface area contributed by atoms with Gasteiger partial charge in [-0.1, -0.05) is 30.7 Å². The van der Waals surface area contributed by atoms with E-state index >= 15 is 0 Å². The van der Waals surface area contributed by atoms with E-state index in [1.54, 1.807) is 16.4 Å². The SMILES string of the molecule is Cc1cccc(N2CCN(C(=O)CCc3ccc(S(=O)(=O)N4CCCCC4)cc3)CC2)c1C. The number of aryl methyl sites for hydroxylation is 2. The van der Waals surface area contributed by atoms with E-state index in [0.29, 0.717) is 30.8 Å². The third-order valence-electron chi connectivity index (χ3n) is 7.05. The minimum Gasteiger partial charge on any atom is -0.368 e. The largest absolute Gasteiger partial charge is 0.368 e. The van der Waals surface area contributed by atoms with E-state index in [4.69, 9.17) is 0 Å². The lowest BCUT2D eigenvalue weighted by atomic mass is 10.1. The average molecular weight is 470 g/mol. The van der Waals surface area contributed by atoms with Gasteiger partial charge in [-0.2, -0.15) is 4.31 Å². The van der Waals surface area contributed by atoms with Crippen LogP contribution in [0.2, 0.25) is 0 Å². The quantitative estimate of drug-likeness (QED) is 0.646. The maximum atomic E-state index is 12.8. The lowest BCUT2D eigenvalue weighted by Crippen LogP contribution is -2.49. The van der Waals surface area contributed by atoms with E-state index in [-0.39, 0.29) is 5.91 Å². The molecule has 2 aliphatic heterocycles. The Morgan fingerprint density at radius 3 is 2.18 bits per heavy atom. The monoisotopic (exact) mass is 469 g/mol. The molecule has 0 N–H and O–H groups in total. The zero-order valence-electron chi connectivity index (χ0n) is 19.8. The van der Waals surface area contributed by atoms with Crippen LogP contribution in [0.15, 0.2) is 47.4 Å². The molecule has 2 heterocycles. The van der Waals surface area contributed by atoms with Crippen molar-refractivity contribution >= 4 is 21.6 Å². The highest BCUT2D eigenvalue weighted by molar-refractivity contribution is 7.89. The molecule has 178 valence electrons. The first-order valence-electron chi connectivity index (χ1n) is 12.0. The average Bonchev–Trinajstić information content (AvgIpc) is 2.85. The predicted molar refractivity (Wildman–Crippen MR) is 132 cm³/mol. The maximum absolute atomic E-state index is 12.8. The third kappa shape index (κ3) is 5.41. The smallest absolute Gasteiger partial charge is 0.243 e. The Morgan fingerprint density at radius 2 is 1.52 bits per heavy atom. The minimum atomic E-state index is -3.41. The van der Waals surface area contributed by atoms with Crippen LogP contribution >= 0.6 is 0 Å². The molecule has 4 rings (SSSR count). The number of piperidine rings is 1. The van der Waals surface area contributed by atoms with E-state index in [9.17, 15) is 13.2 Å². The number of rotatable bonds is 6. The number of hydrogen-bond donors (Lipinski definition) is 0. The van der Waals surface area contributed by atoms with E-state index < -0.39 is 10.0 Å². The second-order valence-electron chi connectivity index (χ2n) is 9.20. The zero-order chi connectivity index (χ0) is 23.4. The summed E-state index contributed by atoms with van der Waals surface area (Å²) >= 11 is 0. The molecular formula is C26H35N3O3S. The van der Waals surface area contributed by atoms with Gasteiger partial charge in [0.05, 0.1) is 4.90 Å². The third-order valence-corrected chi connectivity index (χ3v) is 8.97. The minimum absolute atomic E-state index is 0.167. The summed E-state index contributed by atoms with van der Waals surface area (Å²) in [6.07, 6.45) is 4.03. The Bertz CT molecular complexity index is 1070. The number of sulfonamides is 1. The Labute approximate surface area is 198 Å². The van der Waals surface area contributed by atoms with Crippen molar-refractivity contribution in [1.82, 2.24) is 9.21 Å². The molecule has 0 aliphatic carbocycles. The van der Waals surface area contributed by atoms with E-state index in [1.807, 2.05) is 17.0 Å². The van der Waals surface area contributed by atoms with Gasteiger partial charge in [0.25, 0.3) is 0 Å². The Hall–Kier alpha value is -2.38. The number of piperazine rings is 1. The molecule has 1 amide bonds. The molecule has 2 aromatic carbocycles. The van der Waals surface area contributed by atoms with Gasteiger partial charge in [-0.3, -0.25) is 4.79 Å². The van der Waals surface area contributed by atoms with E-state index in [0.717, 1.165) is 51.0 Å². The molecule has 2 aliphatic rings. The van der Waals surface area contributed by atoms with Crippen LogP contribution in [0.4, 0.5) is 5.69 Å². The first-order valence-corrected chi connectivity index (χ1v) is 13.5. The number of carbonyl (C=O) groups is 1. The molecule has 0 saturated carbocycles. The van der Waals surface area contributed by atoms with Crippen LogP contribution in [0.25, 0.3) is 0 Å². The topological polar surface area (TPSA) is 60.9 Å². The van der Waals surface area contributed by atoms with Crippen LogP contribution in [0.3, 0.4) is 0 Å². The van der Waals surface area contributed by atoms with E-state index in [1.165, 1.54) is 16.8 Å². The van der Waals surface area contributed by atoms with Crippen LogP contribution in [0.5, 0.6) is 0 Å². The Balaban J connectivity index is 1.28. The number of nitrogens with zero attached hydrogens (tertiary/aromatic N) is 3. The van der Waals surface area contributed by atoms with Gasteiger partial charge in [-0.25, -0.2) is 8.42 Å². The number of hydrogen-bond acceptors (Lipinski definition) is 4. The Kier molecular flexibility index (Phi) is 7.39. The maximum Gasteiger partial charge on any atom is 0.243 e. The van der Waals surface area contributed by atoms with Crippen molar-refractivity contribution in [3.63, 3.8) is 0 Å². The number of benzene rings is 2. The van der Waals surface area contributed by atoms with Crippen LogP contribution in [-0.4, -0.2) is 62.8 Å². The van der Waals surface area contributed by atoms with Crippen LogP contribution in [0, 0.1) is 13.8 Å². The molecule has 6 nitrogen and oxygen atoms in total. The highest BCUT2D eigenvalue weighted by Crippen LogP contribution is 2.24. The lowest BCUT2D eigenvalue weighted by Gasteiger charge is -2.37. The summed E-state index contributed by atoms with van der Waals surface area (Å²) in [6, 6.07) is 13.5. The van der Waals surface area contributed by atoms with Gasteiger partial charge < -0.3 is 9.80 Å². The number of carbonyl (C=O) groups excluding carboxylic acids is 1. The highest BCUT2D eigenvalue weighted by Gasteiger charge is 2.26. The molecule has 0 bridgehead atoms. The first-order chi connectivity index (χ1) is 15.9. The summed E-state index contributed by atoms with van der Waals surface area (Å²) in [4.78, 5) is 17.4. The predicted octanol–water partition coefficient (Wildman–Crippen LogP) is 3.76. The van der Waals surface area contributed by atoms with Gasteiger partial charge in [-0.05, 0) is 68.0 Å². The molecule has 0 radical (unpaired) electrons. The number of amides is 1. The standard InChI is InChI=1S/C26H35N3O3S/c1-21-7-6-8-25(22(21)2)27-17-19-28(20-18-27)26(30)14-11-23-9-12-24(13-10-23)33(31,32)29-15-4-3-5-16-29/h6-10,12-13H,3-5,11,14-20H2,1-2H3. The molecule has 2 fully saturated rings. The van der Waals surface area contributed by atoms with Crippen LogP contribution in [-0.2, 0) is 21.2 Å². The van der Waals surface area contributed by atoms with Crippen LogP contribution < -0.4 is 4.90 Å². The second kappa shape index (κ2) is 10.3. The van der Waals surface area contributed by atoms with Crippen LogP contribution in [0.1, 0.15) is 42.4 Å². The summed E-state index contributed by atoms with van der Waals surface area (Å²) in [5.41, 5.74) is 4.86. The molecule has 33 heavy (non-hydrogen) atoms. The second-order valence-corrected chi connectivity index (χ2v) is 11.1. The van der Waals surface area contributed by atoms with E-state index in [2.05, 4.69) is 36.9 Å². The van der Waals surface area contributed by atoms with Crippen molar-refractivity contribution in [2.24, 2.45) is 0 Å². The summed E-state index contributed by atoms with van der Waals surface area (Å²) < 4.78 is 27.2. The zero-order valence-corrected chi connectivity index (χ0v) is 20.6. The van der Waals surface area contributed by atoms with Gasteiger partial charge >= 0.3 is 0 Å². The van der Waals surface area contributed by atoms with Gasteiger partial charge in [0.1, 0.15) is 0 Å². The van der Waals surface area contributed by atoms with Crippen molar-refractivity contribution < 1.29 is 13.2 Å². The van der Waals surface area contributed by atoms with Crippen molar-refractivity contribution in [2.45, 2.75) is 50.8 Å². The molecule has 0 atom stereocenters. The molecule has 0 aromatic heterocycles.